The number of piperazine rings is 1. The Morgan fingerprint density at radius 1 is 0.889 bits per heavy atom. The number of anilines is 2. The fourth-order valence-electron chi connectivity index (χ4n) is 4.56. The lowest BCUT2D eigenvalue weighted by Crippen LogP contribution is -2.48. The van der Waals surface area contributed by atoms with E-state index >= 15 is 0 Å². The third-order valence-electron chi connectivity index (χ3n) is 6.47. The van der Waals surface area contributed by atoms with Crippen LogP contribution in [0, 0.1) is 0 Å². The molecule has 184 valence electrons. The lowest BCUT2D eigenvalue weighted by atomic mass is 10.1. The van der Waals surface area contributed by atoms with Gasteiger partial charge < -0.3 is 14.5 Å². The molecule has 7 nitrogen and oxygen atoms in total. The first-order valence-electron chi connectivity index (χ1n) is 12.0. The number of rotatable bonds is 6. The lowest BCUT2D eigenvalue weighted by molar-refractivity contribution is 0.0746. The molecule has 3 aromatic carbocycles. The number of imide groups is 1. The molecule has 0 N–H and O–H groups in total. The highest BCUT2D eigenvalue weighted by Gasteiger charge is 2.36. The molecular weight excluding hydrogens is 478 g/mol. The molecule has 36 heavy (non-hydrogen) atoms. The Morgan fingerprint density at radius 3 is 2.11 bits per heavy atom. The van der Waals surface area contributed by atoms with Gasteiger partial charge in [-0.2, -0.15) is 0 Å². The quantitative estimate of drug-likeness (QED) is 0.448. The number of hydrogen-bond donors (Lipinski definition) is 0. The van der Waals surface area contributed by atoms with Crippen molar-refractivity contribution in [1.82, 2.24) is 4.90 Å². The van der Waals surface area contributed by atoms with Crippen LogP contribution >= 0.6 is 11.6 Å². The second-order valence-corrected chi connectivity index (χ2v) is 9.19. The average molecular weight is 504 g/mol. The van der Waals surface area contributed by atoms with Gasteiger partial charge in [0.1, 0.15) is 5.75 Å². The van der Waals surface area contributed by atoms with Gasteiger partial charge in [0.15, 0.2) is 0 Å². The highest BCUT2D eigenvalue weighted by atomic mass is 35.5. The number of fused-ring (bicyclic) bond motifs is 1. The maximum Gasteiger partial charge on any atom is 0.266 e. The molecule has 0 unspecified atom stereocenters. The predicted octanol–water partition coefficient (Wildman–Crippen LogP) is 4.89. The summed E-state index contributed by atoms with van der Waals surface area (Å²) in [6.07, 6.45) is 0.931. The van der Waals surface area contributed by atoms with Crippen molar-refractivity contribution in [2.24, 2.45) is 0 Å². The molecular formula is C28H26ClN3O4. The number of carbonyl (C=O) groups excluding carboxylic acids is 3. The summed E-state index contributed by atoms with van der Waals surface area (Å²) in [5, 5.41) is 0.450. The number of nitrogens with zero attached hydrogens (tertiary/aromatic N) is 3. The van der Waals surface area contributed by atoms with Crippen molar-refractivity contribution >= 4 is 40.7 Å². The van der Waals surface area contributed by atoms with Gasteiger partial charge in [0.05, 0.1) is 34.1 Å². The topological polar surface area (TPSA) is 70.2 Å². The number of hydrogen-bond acceptors (Lipinski definition) is 5. The van der Waals surface area contributed by atoms with Crippen LogP contribution in [0.5, 0.6) is 5.75 Å². The van der Waals surface area contributed by atoms with Gasteiger partial charge in [0, 0.05) is 31.7 Å². The van der Waals surface area contributed by atoms with Crippen LogP contribution < -0.4 is 14.5 Å². The second-order valence-electron chi connectivity index (χ2n) is 8.78. The molecule has 2 heterocycles. The Bertz CT molecular complexity index is 1280. The van der Waals surface area contributed by atoms with E-state index in [4.69, 9.17) is 16.3 Å². The van der Waals surface area contributed by atoms with E-state index in [2.05, 4.69) is 4.90 Å². The molecule has 2 aliphatic heterocycles. The predicted molar refractivity (Wildman–Crippen MR) is 139 cm³/mol. The van der Waals surface area contributed by atoms with Crippen LogP contribution in [-0.2, 0) is 0 Å². The standard InChI is InChI=1S/C28H26ClN3O4/c1-2-17-36-21-10-7-19(8-11-21)26(33)31-15-13-30(14-16-31)25-12-9-20(18-24(25)29)32-27(34)22-5-3-4-6-23(22)28(32)35/h3-12,18H,2,13-17H2,1H3. The molecule has 1 fully saturated rings. The number of amides is 3. The van der Waals surface area contributed by atoms with Crippen LogP contribution in [0.3, 0.4) is 0 Å². The van der Waals surface area contributed by atoms with E-state index in [-0.39, 0.29) is 17.7 Å². The minimum atomic E-state index is -0.350. The van der Waals surface area contributed by atoms with E-state index in [9.17, 15) is 14.4 Å². The minimum absolute atomic E-state index is 0.0104. The molecule has 5 rings (SSSR count). The van der Waals surface area contributed by atoms with Crippen molar-refractivity contribution in [1.29, 1.82) is 0 Å². The zero-order valence-electron chi connectivity index (χ0n) is 19.9. The molecule has 0 aliphatic carbocycles. The lowest BCUT2D eigenvalue weighted by Gasteiger charge is -2.36. The Hall–Kier alpha value is -3.84. The van der Waals surface area contributed by atoms with Gasteiger partial charge in [0.25, 0.3) is 17.7 Å². The summed E-state index contributed by atoms with van der Waals surface area (Å²) in [5.74, 6) is 0.0503. The number of ether oxygens (including phenoxy) is 1. The van der Waals surface area contributed by atoms with Crippen molar-refractivity contribution in [3.05, 3.63) is 88.4 Å². The van der Waals surface area contributed by atoms with E-state index in [1.807, 2.05) is 30.0 Å². The van der Waals surface area contributed by atoms with Gasteiger partial charge >= 0.3 is 0 Å². The Labute approximate surface area is 214 Å². The fourth-order valence-corrected chi connectivity index (χ4v) is 4.86. The fraction of sp³-hybridized carbons (Fsp3) is 0.250. The molecule has 3 aromatic rings. The maximum atomic E-state index is 13.0. The molecule has 0 atom stereocenters. The van der Waals surface area contributed by atoms with Gasteiger partial charge in [-0.15, -0.1) is 0 Å². The summed E-state index contributed by atoms with van der Waals surface area (Å²) in [6, 6.07) is 19.3. The maximum absolute atomic E-state index is 13.0. The highest BCUT2D eigenvalue weighted by molar-refractivity contribution is 6.36. The largest absolute Gasteiger partial charge is 0.494 e. The highest BCUT2D eigenvalue weighted by Crippen LogP contribution is 2.34. The van der Waals surface area contributed by atoms with E-state index in [0.29, 0.717) is 60.2 Å². The van der Waals surface area contributed by atoms with Crippen molar-refractivity contribution in [3.8, 4) is 5.75 Å². The first-order chi connectivity index (χ1) is 17.5. The summed E-state index contributed by atoms with van der Waals surface area (Å²) in [4.78, 5) is 43.6. The zero-order valence-corrected chi connectivity index (χ0v) is 20.7. The summed E-state index contributed by atoms with van der Waals surface area (Å²) in [6.45, 7) is 5.06. The number of carbonyl (C=O) groups is 3. The number of halogens is 1. The first-order valence-corrected chi connectivity index (χ1v) is 12.4. The van der Waals surface area contributed by atoms with E-state index in [1.54, 1.807) is 48.5 Å². The Morgan fingerprint density at radius 2 is 1.53 bits per heavy atom. The van der Waals surface area contributed by atoms with Crippen molar-refractivity contribution in [2.75, 3.05) is 42.6 Å². The summed E-state index contributed by atoms with van der Waals surface area (Å²) >= 11 is 6.61. The molecule has 1 saturated heterocycles. The summed E-state index contributed by atoms with van der Waals surface area (Å²) in [7, 11) is 0. The molecule has 0 radical (unpaired) electrons. The second kappa shape index (κ2) is 10.0. The van der Waals surface area contributed by atoms with Crippen molar-refractivity contribution < 1.29 is 19.1 Å². The van der Waals surface area contributed by atoms with E-state index < -0.39 is 0 Å². The van der Waals surface area contributed by atoms with Crippen LogP contribution in [0.1, 0.15) is 44.4 Å². The molecule has 0 aromatic heterocycles. The monoisotopic (exact) mass is 503 g/mol. The normalized spacial score (nSPS) is 15.3. The first kappa shape index (κ1) is 23.9. The Kier molecular flexibility index (Phi) is 6.65. The molecule has 3 amide bonds. The van der Waals surface area contributed by atoms with Crippen LogP contribution in [-0.4, -0.2) is 55.4 Å². The molecule has 0 spiro atoms. The zero-order chi connectivity index (χ0) is 25.2. The van der Waals surface area contributed by atoms with Gasteiger partial charge in [-0.05, 0) is 61.0 Å². The molecule has 8 heteroatoms. The van der Waals surface area contributed by atoms with Gasteiger partial charge in [-0.1, -0.05) is 30.7 Å². The van der Waals surface area contributed by atoms with Crippen LogP contribution in [0.4, 0.5) is 11.4 Å². The molecule has 2 aliphatic rings. The SMILES string of the molecule is CCCOc1ccc(C(=O)N2CCN(c3ccc(N4C(=O)c5ccccc5C4=O)cc3Cl)CC2)cc1. The van der Waals surface area contributed by atoms with Crippen LogP contribution in [0.15, 0.2) is 66.7 Å². The van der Waals surface area contributed by atoms with Gasteiger partial charge in [0.2, 0.25) is 0 Å². The van der Waals surface area contributed by atoms with Crippen LogP contribution in [0.25, 0.3) is 0 Å². The Balaban J connectivity index is 1.24. The smallest absolute Gasteiger partial charge is 0.266 e. The van der Waals surface area contributed by atoms with Gasteiger partial charge in [-0.3, -0.25) is 14.4 Å². The van der Waals surface area contributed by atoms with Crippen molar-refractivity contribution in [3.63, 3.8) is 0 Å². The summed E-state index contributed by atoms with van der Waals surface area (Å²) < 4.78 is 5.59. The van der Waals surface area contributed by atoms with E-state index in [0.717, 1.165) is 22.8 Å². The summed E-state index contributed by atoms with van der Waals surface area (Å²) in [5.41, 5.74) is 2.67. The third-order valence-corrected chi connectivity index (χ3v) is 6.77. The van der Waals surface area contributed by atoms with E-state index in [1.165, 1.54) is 0 Å². The number of benzene rings is 3. The third kappa shape index (κ3) is 4.42. The van der Waals surface area contributed by atoms with Crippen molar-refractivity contribution in [2.45, 2.75) is 13.3 Å². The van der Waals surface area contributed by atoms with Gasteiger partial charge in [-0.25, -0.2) is 4.90 Å². The average Bonchev–Trinajstić information content (AvgIpc) is 3.17. The minimum Gasteiger partial charge on any atom is -0.494 e. The molecule has 0 bridgehead atoms. The van der Waals surface area contributed by atoms with Crippen LogP contribution in [0.2, 0.25) is 5.02 Å². The molecule has 0 saturated carbocycles.